The minimum absolute atomic E-state index is 0.0249. The second-order valence-electron chi connectivity index (χ2n) is 3.11. The molecule has 76 valence electrons. The molecular weight excluding hydrogens is 198 g/mol. The van der Waals surface area contributed by atoms with E-state index in [1.807, 2.05) is 37.3 Å². The molecule has 14 heavy (non-hydrogen) atoms. The summed E-state index contributed by atoms with van der Waals surface area (Å²) in [6, 6.07) is 9.70. The Bertz CT molecular complexity index is 287. The fourth-order valence-electron chi connectivity index (χ4n) is 1.22. The van der Waals surface area contributed by atoms with E-state index in [2.05, 4.69) is 5.32 Å². The van der Waals surface area contributed by atoms with Crippen molar-refractivity contribution in [3.63, 3.8) is 0 Å². The first-order chi connectivity index (χ1) is 6.75. The van der Waals surface area contributed by atoms with Crippen molar-refractivity contribution in [2.45, 2.75) is 12.8 Å². The molecule has 0 aromatic heterocycles. The van der Waals surface area contributed by atoms with Crippen molar-refractivity contribution in [3.05, 3.63) is 35.9 Å². The molecule has 0 heterocycles. The van der Waals surface area contributed by atoms with E-state index in [4.69, 9.17) is 11.6 Å². The first-order valence-corrected chi connectivity index (χ1v) is 5.17. The van der Waals surface area contributed by atoms with Crippen LogP contribution in [0.3, 0.4) is 0 Å². The Labute approximate surface area is 89.3 Å². The molecule has 1 unspecified atom stereocenters. The lowest BCUT2D eigenvalue weighted by Crippen LogP contribution is -2.29. The Morgan fingerprint density at radius 1 is 1.43 bits per heavy atom. The Morgan fingerprint density at radius 3 is 2.64 bits per heavy atom. The van der Waals surface area contributed by atoms with Gasteiger partial charge in [-0.1, -0.05) is 30.3 Å². The molecule has 0 aliphatic rings. The molecule has 0 aliphatic carbocycles. The summed E-state index contributed by atoms with van der Waals surface area (Å²) < 4.78 is 0. The second kappa shape index (κ2) is 5.66. The molecule has 0 saturated carbocycles. The lowest BCUT2D eigenvalue weighted by atomic mass is 10.0. The van der Waals surface area contributed by atoms with Crippen molar-refractivity contribution in [3.8, 4) is 0 Å². The van der Waals surface area contributed by atoms with E-state index in [1.165, 1.54) is 0 Å². The van der Waals surface area contributed by atoms with Crippen LogP contribution in [0, 0.1) is 0 Å². The maximum Gasteiger partial charge on any atom is 0.227 e. The van der Waals surface area contributed by atoms with Gasteiger partial charge in [0, 0.05) is 12.4 Å². The molecule has 1 N–H and O–H groups in total. The number of amides is 1. The quantitative estimate of drug-likeness (QED) is 0.760. The van der Waals surface area contributed by atoms with E-state index < -0.39 is 0 Å². The van der Waals surface area contributed by atoms with Crippen molar-refractivity contribution in [2.24, 2.45) is 0 Å². The Kier molecular flexibility index (Phi) is 4.47. The summed E-state index contributed by atoms with van der Waals surface area (Å²) in [5.74, 6) is 0.365. The van der Waals surface area contributed by atoms with Crippen LogP contribution in [0.5, 0.6) is 0 Å². The van der Waals surface area contributed by atoms with Crippen LogP contribution in [0.4, 0.5) is 0 Å². The van der Waals surface area contributed by atoms with Gasteiger partial charge in [0.1, 0.15) is 0 Å². The number of rotatable bonds is 4. The van der Waals surface area contributed by atoms with E-state index in [0.29, 0.717) is 12.4 Å². The summed E-state index contributed by atoms with van der Waals surface area (Å²) in [5, 5.41) is 2.76. The molecule has 1 aromatic rings. The Morgan fingerprint density at radius 2 is 2.07 bits per heavy atom. The van der Waals surface area contributed by atoms with Crippen molar-refractivity contribution in [2.75, 3.05) is 12.4 Å². The van der Waals surface area contributed by atoms with Crippen LogP contribution in [0.2, 0.25) is 0 Å². The van der Waals surface area contributed by atoms with Gasteiger partial charge in [0.05, 0.1) is 5.92 Å². The maximum absolute atomic E-state index is 11.5. The zero-order valence-corrected chi connectivity index (χ0v) is 8.92. The molecule has 1 aromatic carbocycles. The topological polar surface area (TPSA) is 29.1 Å². The lowest BCUT2D eigenvalue weighted by Gasteiger charge is -2.11. The van der Waals surface area contributed by atoms with Crippen LogP contribution in [0.15, 0.2) is 30.3 Å². The van der Waals surface area contributed by atoms with Gasteiger partial charge in [-0.3, -0.25) is 4.79 Å². The van der Waals surface area contributed by atoms with Gasteiger partial charge in [0.25, 0.3) is 0 Å². The highest BCUT2D eigenvalue weighted by molar-refractivity contribution is 6.18. The molecule has 1 amide bonds. The van der Waals surface area contributed by atoms with Crippen LogP contribution < -0.4 is 5.32 Å². The summed E-state index contributed by atoms with van der Waals surface area (Å²) in [7, 11) is 0. The van der Waals surface area contributed by atoms with E-state index in [9.17, 15) is 4.79 Å². The average molecular weight is 212 g/mol. The molecule has 2 nitrogen and oxygen atoms in total. The predicted octanol–water partition coefficient (Wildman–Crippen LogP) is 2.15. The number of carbonyl (C=O) groups excluding carboxylic acids is 1. The zero-order valence-electron chi connectivity index (χ0n) is 8.16. The highest BCUT2D eigenvalue weighted by Gasteiger charge is 2.13. The van der Waals surface area contributed by atoms with E-state index in [0.717, 1.165) is 5.56 Å². The van der Waals surface area contributed by atoms with Gasteiger partial charge in [-0.05, 0) is 12.5 Å². The van der Waals surface area contributed by atoms with Crippen LogP contribution in [0.1, 0.15) is 18.4 Å². The molecule has 0 aliphatic heterocycles. The van der Waals surface area contributed by atoms with Crippen LogP contribution in [-0.2, 0) is 4.79 Å². The lowest BCUT2D eigenvalue weighted by molar-refractivity contribution is -0.122. The summed E-state index contributed by atoms with van der Waals surface area (Å²) in [6.07, 6.45) is 0. The second-order valence-corrected chi connectivity index (χ2v) is 3.49. The highest BCUT2D eigenvalue weighted by atomic mass is 35.5. The number of benzene rings is 1. The number of hydrogen-bond acceptors (Lipinski definition) is 1. The minimum Gasteiger partial charge on any atom is -0.354 e. The van der Waals surface area contributed by atoms with E-state index in [1.54, 1.807) is 0 Å². The molecule has 3 heteroatoms. The number of hydrogen-bond donors (Lipinski definition) is 1. The van der Waals surface area contributed by atoms with Gasteiger partial charge in [-0.2, -0.15) is 0 Å². The van der Waals surface area contributed by atoms with E-state index in [-0.39, 0.29) is 11.8 Å². The van der Waals surface area contributed by atoms with Gasteiger partial charge >= 0.3 is 0 Å². The van der Waals surface area contributed by atoms with Crippen molar-refractivity contribution in [1.29, 1.82) is 0 Å². The standard InChI is InChI=1S/C11H14ClNO/c1-9(11(14)13-8-7-12)10-5-3-2-4-6-10/h2-6,9H,7-8H2,1H3,(H,13,14). The first-order valence-electron chi connectivity index (χ1n) is 4.64. The third kappa shape index (κ3) is 3.04. The largest absolute Gasteiger partial charge is 0.354 e. The summed E-state index contributed by atoms with van der Waals surface area (Å²) in [5.41, 5.74) is 1.03. The van der Waals surface area contributed by atoms with Gasteiger partial charge in [0.2, 0.25) is 5.91 Å². The summed E-state index contributed by atoms with van der Waals surface area (Å²) in [6.45, 7) is 2.41. The molecule has 0 bridgehead atoms. The van der Waals surface area contributed by atoms with Gasteiger partial charge in [-0.15, -0.1) is 11.6 Å². The van der Waals surface area contributed by atoms with Gasteiger partial charge in [0.15, 0.2) is 0 Å². The third-order valence-electron chi connectivity index (χ3n) is 2.09. The molecule has 0 saturated heterocycles. The minimum atomic E-state index is -0.112. The SMILES string of the molecule is CC(C(=O)NCCCl)c1ccccc1. The molecule has 0 radical (unpaired) electrons. The van der Waals surface area contributed by atoms with Gasteiger partial charge < -0.3 is 5.32 Å². The third-order valence-corrected chi connectivity index (χ3v) is 2.28. The Hall–Kier alpha value is -1.02. The maximum atomic E-state index is 11.5. The molecule has 1 atom stereocenters. The van der Waals surface area contributed by atoms with Crippen molar-refractivity contribution < 1.29 is 4.79 Å². The normalized spacial score (nSPS) is 12.1. The molecule has 1 rings (SSSR count). The monoisotopic (exact) mass is 211 g/mol. The summed E-state index contributed by atoms with van der Waals surface area (Å²) in [4.78, 5) is 11.5. The van der Waals surface area contributed by atoms with Crippen LogP contribution in [0.25, 0.3) is 0 Å². The van der Waals surface area contributed by atoms with Crippen molar-refractivity contribution >= 4 is 17.5 Å². The zero-order chi connectivity index (χ0) is 10.4. The van der Waals surface area contributed by atoms with E-state index >= 15 is 0 Å². The van der Waals surface area contributed by atoms with Crippen molar-refractivity contribution in [1.82, 2.24) is 5.32 Å². The molecule has 0 fully saturated rings. The number of carbonyl (C=O) groups is 1. The fraction of sp³-hybridized carbons (Fsp3) is 0.364. The highest BCUT2D eigenvalue weighted by Crippen LogP contribution is 2.13. The average Bonchev–Trinajstić information content (AvgIpc) is 2.26. The molecule has 0 spiro atoms. The number of alkyl halides is 1. The number of nitrogens with one attached hydrogen (secondary N) is 1. The Balaban J connectivity index is 2.57. The smallest absolute Gasteiger partial charge is 0.227 e. The predicted molar refractivity (Wildman–Crippen MR) is 58.6 cm³/mol. The number of halogens is 1. The van der Waals surface area contributed by atoms with Crippen LogP contribution >= 0.6 is 11.6 Å². The summed E-state index contributed by atoms with van der Waals surface area (Å²) >= 11 is 5.48. The van der Waals surface area contributed by atoms with Crippen LogP contribution in [-0.4, -0.2) is 18.3 Å². The first kappa shape index (κ1) is 11.1. The fourth-order valence-corrected chi connectivity index (χ4v) is 1.31. The molecular formula is C11H14ClNO. The van der Waals surface area contributed by atoms with Gasteiger partial charge in [-0.25, -0.2) is 0 Å².